The zero-order valence-electron chi connectivity index (χ0n) is 16.7. The Labute approximate surface area is 179 Å². The smallest absolute Gasteiger partial charge is 0.223 e. The molecule has 1 atom stereocenters. The topological polar surface area (TPSA) is 77.7 Å². The van der Waals surface area contributed by atoms with Crippen molar-refractivity contribution in [3.05, 3.63) is 59.1 Å². The molecule has 4 aromatic rings. The van der Waals surface area contributed by atoms with Crippen molar-refractivity contribution in [2.75, 3.05) is 13.1 Å². The predicted octanol–water partition coefficient (Wildman–Crippen LogP) is 4.51. The summed E-state index contributed by atoms with van der Waals surface area (Å²) >= 11 is 6.07. The molecule has 0 saturated carbocycles. The Kier molecular flexibility index (Phi) is 5.17. The van der Waals surface area contributed by atoms with Gasteiger partial charge in [-0.15, -0.1) is 0 Å². The number of para-hydroxylation sites is 2. The Morgan fingerprint density at radius 3 is 2.77 bits per heavy atom. The summed E-state index contributed by atoms with van der Waals surface area (Å²) in [5, 5.41) is 0.705. The second-order valence-electron chi connectivity index (χ2n) is 8.10. The van der Waals surface area contributed by atoms with Gasteiger partial charge in [-0.3, -0.25) is 4.79 Å². The summed E-state index contributed by atoms with van der Waals surface area (Å²) in [4.78, 5) is 30.8. The molecule has 2 aromatic heterocycles. The minimum atomic E-state index is 0.205. The number of nitrogens with one attached hydrogen (secondary N) is 2. The maximum absolute atomic E-state index is 12.8. The lowest BCUT2D eigenvalue weighted by atomic mass is 9.94. The number of benzene rings is 2. The molecule has 2 N–H and O–H groups in total. The first-order valence-corrected chi connectivity index (χ1v) is 10.9. The van der Waals surface area contributed by atoms with Crippen molar-refractivity contribution < 1.29 is 4.79 Å². The molecule has 5 rings (SSSR count). The van der Waals surface area contributed by atoms with E-state index in [1.165, 1.54) is 0 Å². The zero-order chi connectivity index (χ0) is 20.5. The van der Waals surface area contributed by atoms with E-state index < -0.39 is 0 Å². The number of amides is 1. The molecule has 1 aliphatic rings. The number of rotatable bonds is 5. The number of imidazole rings is 2. The van der Waals surface area contributed by atoms with Gasteiger partial charge in [-0.05, 0) is 49.1 Å². The highest BCUT2D eigenvalue weighted by Crippen LogP contribution is 2.23. The number of hydrogen-bond acceptors (Lipinski definition) is 3. The summed E-state index contributed by atoms with van der Waals surface area (Å²) < 4.78 is 0. The van der Waals surface area contributed by atoms with Crippen molar-refractivity contribution in [3.8, 4) is 0 Å². The molecule has 3 heterocycles. The van der Waals surface area contributed by atoms with E-state index in [2.05, 4.69) is 19.9 Å². The van der Waals surface area contributed by atoms with E-state index in [-0.39, 0.29) is 5.91 Å². The van der Waals surface area contributed by atoms with E-state index in [1.807, 2.05) is 47.4 Å². The lowest BCUT2D eigenvalue weighted by Gasteiger charge is -2.32. The normalized spacial score (nSPS) is 17.1. The van der Waals surface area contributed by atoms with Gasteiger partial charge in [0.25, 0.3) is 0 Å². The monoisotopic (exact) mass is 421 g/mol. The molecular formula is C23H24ClN5O. The van der Waals surface area contributed by atoms with E-state index in [9.17, 15) is 4.79 Å². The fourth-order valence-electron chi connectivity index (χ4n) is 4.37. The number of nitrogens with zero attached hydrogens (tertiary/aromatic N) is 3. The molecule has 1 saturated heterocycles. The Hall–Kier alpha value is -2.86. The van der Waals surface area contributed by atoms with Crippen LogP contribution in [0.25, 0.3) is 22.1 Å². The van der Waals surface area contributed by atoms with Gasteiger partial charge in [0.15, 0.2) is 0 Å². The molecular weight excluding hydrogens is 398 g/mol. The summed E-state index contributed by atoms with van der Waals surface area (Å²) in [7, 11) is 0. The van der Waals surface area contributed by atoms with Crippen molar-refractivity contribution in [1.82, 2.24) is 24.8 Å². The lowest BCUT2D eigenvalue weighted by Crippen LogP contribution is -2.40. The lowest BCUT2D eigenvalue weighted by molar-refractivity contribution is -0.133. The number of carbonyl (C=O) groups excluding carboxylic acids is 1. The predicted molar refractivity (Wildman–Crippen MR) is 119 cm³/mol. The number of carbonyl (C=O) groups is 1. The van der Waals surface area contributed by atoms with Crippen molar-refractivity contribution >= 4 is 39.6 Å². The summed E-state index contributed by atoms with van der Waals surface area (Å²) in [6.45, 7) is 1.63. The van der Waals surface area contributed by atoms with Crippen molar-refractivity contribution in [2.24, 2.45) is 5.92 Å². The number of aromatic nitrogens is 4. The molecule has 1 fully saturated rings. The number of aromatic amines is 2. The molecule has 2 aromatic carbocycles. The number of fused-ring (bicyclic) bond motifs is 2. The van der Waals surface area contributed by atoms with Gasteiger partial charge in [0.05, 0.1) is 22.1 Å². The first-order chi connectivity index (χ1) is 14.6. The second kappa shape index (κ2) is 8.11. The molecule has 0 bridgehead atoms. The van der Waals surface area contributed by atoms with Crippen LogP contribution in [0, 0.1) is 5.92 Å². The van der Waals surface area contributed by atoms with Crippen molar-refractivity contribution in [2.45, 2.75) is 32.1 Å². The van der Waals surface area contributed by atoms with Crippen LogP contribution in [0.5, 0.6) is 0 Å². The van der Waals surface area contributed by atoms with Crippen LogP contribution in [0.3, 0.4) is 0 Å². The highest BCUT2D eigenvalue weighted by atomic mass is 35.5. The maximum Gasteiger partial charge on any atom is 0.223 e. The SMILES string of the molecule is O=C(CCc1nc2ccccc2[nH]1)N1CCCC(Cc2nc3ccc(Cl)cc3[nH]2)C1. The summed E-state index contributed by atoms with van der Waals surface area (Å²) in [5.41, 5.74) is 3.87. The number of hydrogen-bond donors (Lipinski definition) is 2. The number of aryl methyl sites for hydroxylation is 1. The van der Waals surface area contributed by atoms with Crippen LogP contribution in [0.4, 0.5) is 0 Å². The van der Waals surface area contributed by atoms with E-state index in [0.717, 1.165) is 66.1 Å². The molecule has 154 valence electrons. The summed E-state index contributed by atoms with van der Waals surface area (Å²) in [6.07, 6.45) is 4.12. The molecule has 0 radical (unpaired) electrons. The van der Waals surface area contributed by atoms with Crippen molar-refractivity contribution in [1.29, 1.82) is 0 Å². The van der Waals surface area contributed by atoms with E-state index in [0.29, 0.717) is 23.8 Å². The molecule has 0 spiro atoms. The largest absolute Gasteiger partial charge is 0.342 e. The van der Waals surface area contributed by atoms with Crippen LogP contribution in [0.1, 0.15) is 30.9 Å². The molecule has 7 heteroatoms. The standard InChI is InChI=1S/C23H24ClN5O/c24-16-7-8-19-20(13-16)28-22(27-19)12-15-4-3-11-29(14-15)23(30)10-9-21-25-17-5-1-2-6-18(17)26-21/h1-2,5-8,13,15H,3-4,9-12,14H2,(H,25,26)(H,27,28). The quantitative estimate of drug-likeness (QED) is 0.497. The van der Waals surface area contributed by atoms with Crippen LogP contribution >= 0.6 is 11.6 Å². The van der Waals surface area contributed by atoms with Gasteiger partial charge in [0.1, 0.15) is 11.6 Å². The number of H-pyrrole nitrogens is 2. The molecule has 6 nitrogen and oxygen atoms in total. The minimum Gasteiger partial charge on any atom is -0.342 e. The first kappa shape index (κ1) is 19.1. The summed E-state index contributed by atoms with van der Waals surface area (Å²) in [5.74, 6) is 2.47. The maximum atomic E-state index is 12.8. The first-order valence-electron chi connectivity index (χ1n) is 10.5. The minimum absolute atomic E-state index is 0.205. The van der Waals surface area contributed by atoms with Gasteiger partial charge < -0.3 is 14.9 Å². The Bertz CT molecular complexity index is 1160. The van der Waals surface area contributed by atoms with Gasteiger partial charge in [0, 0.05) is 37.4 Å². The second-order valence-corrected chi connectivity index (χ2v) is 8.53. The third-order valence-corrected chi connectivity index (χ3v) is 6.10. The average Bonchev–Trinajstić information content (AvgIpc) is 3.34. The molecule has 30 heavy (non-hydrogen) atoms. The van der Waals surface area contributed by atoms with Crippen molar-refractivity contribution in [3.63, 3.8) is 0 Å². The molecule has 1 unspecified atom stereocenters. The highest BCUT2D eigenvalue weighted by Gasteiger charge is 2.24. The molecule has 1 amide bonds. The van der Waals surface area contributed by atoms with Gasteiger partial charge in [-0.2, -0.15) is 0 Å². The zero-order valence-corrected chi connectivity index (χ0v) is 17.5. The van der Waals surface area contributed by atoms with Gasteiger partial charge in [-0.25, -0.2) is 9.97 Å². The highest BCUT2D eigenvalue weighted by molar-refractivity contribution is 6.31. The van der Waals surface area contributed by atoms with Gasteiger partial charge >= 0.3 is 0 Å². The third-order valence-electron chi connectivity index (χ3n) is 5.86. The fourth-order valence-corrected chi connectivity index (χ4v) is 4.54. The van der Waals surface area contributed by atoms with Gasteiger partial charge in [-0.1, -0.05) is 23.7 Å². The number of halogens is 1. The van der Waals surface area contributed by atoms with Crippen LogP contribution in [0.2, 0.25) is 5.02 Å². The number of piperidine rings is 1. The van der Waals surface area contributed by atoms with Crippen LogP contribution in [0.15, 0.2) is 42.5 Å². The third kappa shape index (κ3) is 4.05. The van der Waals surface area contributed by atoms with E-state index >= 15 is 0 Å². The Morgan fingerprint density at radius 1 is 1.07 bits per heavy atom. The summed E-state index contributed by atoms with van der Waals surface area (Å²) in [6, 6.07) is 13.7. The Balaban J connectivity index is 1.19. The van der Waals surface area contributed by atoms with E-state index in [4.69, 9.17) is 11.6 Å². The molecule has 1 aliphatic heterocycles. The van der Waals surface area contributed by atoms with Crippen LogP contribution < -0.4 is 0 Å². The fraction of sp³-hybridized carbons (Fsp3) is 0.348. The molecule has 0 aliphatic carbocycles. The number of likely N-dealkylation sites (tertiary alicyclic amines) is 1. The van der Waals surface area contributed by atoms with Crippen LogP contribution in [-0.2, 0) is 17.6 Å². The van der Waals surface area contributed by atoms with Crippen LogP contribution in [-0.4, -0.2) is 43.8 Å². The average molecular weight is 422 g/mol. The van der Waals surface area contributed by atoms with E-state index in [1.54, 1.807) is 0 Å². The Morgan fingerprint density at radius 2 is 1.87 bits per heavy atom. The van der Waals surface area contributed by atoms with Gasteiger partial charge in [0.2, 0.25) is 5.91 Å².